The lowest BCUT2D eigenvalue weighted by atomic mass is 10.0. The first-order chi connectivity index (χ1) is 16.9. The Bertz CT molecular complexity index is 1200. The van der Waals surface area contributed by atoms with E-state index in [4.69, 9.17) is 28.2 Å². The molecule has 0 saturated carbocycles. The number of amides is 2. The fourth-order valence-corrected chi connectivity index (χ4v) is 4.85. The molecule has 1 fully saturated rings. The molecule has 0 aliphatic carbocycles. The lowest BCUT2D eigenvalue weighted by Crippen LogP contribution is -2.38. The standard InChI is InChI=1S/C26H28Cl2FN5O/c1-3-23-20(16-18-7-4-8-19(29)15-18)25(31-17(2)30-23)33-11-6-12-34(14-13-33)26(35)32-24-21(27)9-5-10-22(24)28/h4-5,7-10,15H,3,6,11-14,16H2,1-2H3,(H,32,35). The van der Waals surface area contributed by atoms with Gasteiger partial charge in [0.1, 0.15) is 17.5 Å². The Morgan fingerprint density at radius 2 is 1.80 bits per heavy atom. The van der Waals surface area contributed by atoms with Crippen LogP contribution in [0.25, 0.3) is 0 Å². The van der Waals surface area contributed by atoms with E-state index < -0.39 is 0 Å². The molecule has 0 bridgehead atoms. The highest BCUT2D eigenvalue weighted by molar-refractivity contribution is 6.39. The number of anilines is 2. The molecule has 4 rings (SSSR count). The number of benzene rings is 2. The third-order valence-electron chi connectivity index (χ3n) is 6.06. The zero-order valence-corrected chi connectivity index (χ0v) is 21.3. The van der Waals surface area contributed by atoms with Crippen LogP contribution in [0, 0.1) is 12.7 Å². The maximum Gasteiger partial charge on any atom is 0.321 e. The number of carbonyl (C=O) groups is 1. The lowest BCUT2D eigenvalue weighted by molar-refractivity contribution is 0.215. The van der Waals surface area contributed by atoms with Crippen LogP contribution in [0.15, 0.2) is 42.5 Å². The van der Waals surface area contributed by atoms with Gasteiger partial charge in [-0.15, -0.1) is 0 Å². The van der Waals surface area contributed by atoms with Gasteiger partial charge in [0.25, 0.3) is 0 Å². The molecular weight excluding hydrogens is 488 g/mol. The van der Waals surface area contributed by atoms with Gasteiger partial charge in [-0.25, -0.2) is 19.2 Å². The maximum absolute atomic E-state index is 13.8. The van der Waals surface area contributed by atoms with Crippen LogP contribution in [-0.4, -0.2) is 47.1 Å². The van der Waals surface area contributed by atoms with Crippen molar-refractivity contribution < 1.29 is 9.18 Å². The molecule has 1 aliphatic heterocycles. The Morgan fingerprint density at radius 3 is 2.51 bits per heavy atom. The minimum absolute atomic E-state index is 0.241. The number of rotatable bonds is 5. The molecule has 0 radical (unpaired) electrons. The van der Waals surface area contributed by atoms with E-state index in [1.165, 1.54) is 6.07 Å². The summed E-state index contributed by atoms with van der Waals surface area (Å²) in [5.41, 5.74) is 3.26. The average Bonchev–Trinajstić information content (AvgIpc) is 3.09. The van der Waals surface area contributed by atoms with E-state index in [0.29, 0.717) is 47.6 Å². The third kappa shape index (κ3) is 6.03. The summed E-state index contributed by atoms with van der Waals surface area (Å²) in [5.74, 6) is 1.30. The first-order valence-corrected chi connectivity index (χ1v) is 12.5. The Balaban J connectivity index is 1.55. The highest BCUT2D eigenvalue weighted by atomic mass is 35.5. The molecule has 1 aliphatic rings. The van der Waals surface area contributed by atoms with Gasteiger partial charge in [-0.3, -0.25) is 0 Å². The largest absolute Gasteiger partial charge is 0.354 e. The number of nitrogens with zero attached hydrogens (tertiary/aromatic N) is 4. The predicted octanol–water partition coefficient (Wildman–Crippen LogP) is 6.13. The van der Waals surface area contributed by atoms with Crippen LogP contribution in [0.1, 0.15) is 36.0 Å². The van der Waals surface area contributed by atoms with E-state index in [0.717, 1.165) is 42.0 Å². The molecule has 2 heterocycles. The second-order valence-electron chi connectivity index (χ2n) is 8.53. The summed E-state index contributed by atoms with van der Waals surface area (Å²) in [5, 5.41) is 3.64. The molecule has 3 aromatic rings. The average molecular weight is 516 g/mol. The number of hydrogen-bond acceptors (Lipinski definition) is 4. The molecule has 0 atom stereocenters. The molecular formula is C26H28Cl2FN5O. The Labute approximate surface area is 215 Å². The first kappa shape index (κ1) is 25.2. The highest BCUT2D eigenvalue weighted by Crippen LogP contribution is 2.30. The van der Waals surface area contributed by atoms with E-state index in [1.54, 1.807) is 35.2 Å². The Hall–Kier alpha value is -2.90. The number of aryl methyl sites for hydroxylation is 2. The molecule has 184 valence electrons. The lowest BCUT2D eigenvalue weighted by Gasteiger charge is -2.26. The number of aromatic nitrogens is 2. The van der Waals surface area contributed by atoms with Crippen molar-refractivity contribution in [1.82, 2.24) is 14.9 Å². The van der Waals surface area contributed by atoms with E-state index in [-0.39, 0.29) is 11.8 Å². The first-order valence-electron chi connectivity index (χ1n) is 11.7. The summed E-state index contributed by atoms with van der Waals surface area (Å²) >= 11 is 12.4. The summed E-state index contributed by atoms with van der Waals surface area (Å²) in [4.78, 5) is 26.4. The number of nitrogens with one attached hydrogen (secondary N) is 1. The zero-order valence-electron chi connectivity index (χ0n) is 19.8. The van der Waals surface area contributed by atoms with Crippen LogP contribution in [0.4, 0.5) is 20.7 Å². The normalized spacial score (nSPS) is 14.1. The van der Waals surface area contributed by atoms with Crippen molar-refractivity contribution in [3.8, 4) is 0 Å². The van der Waals surface area contributed by atoms with Crippen molar-refractivity contribution in [3.05, 3.63) is 81.0 Å². The number of para-hydroxylation sites is 1. The molecule has 1 N–H and O–H groups in total. The Kier molecular flexibility index (Phi) is 8.08. The van der Waals surface area contributed by atoms with Gasteiger partial charge in [-0.2, -0.15) is 0 Å². The monoisotopic (exact) mass is 515 g/mol. The molecule has 9 heteroatoms. The molecule has 6 nitrogen and oxygen atoms in total. The van der Waals surface area contributed by atoms with Crippen molar-refractivity contribution >= 4 is 40.7 Å². The molecule has 2 aromatic carbocycles. The number of halogens is 3. The van der Waals surface area contributed by atoms with Crippen LogP contribution in [-0.2, 0) is 12.8 Å². The van der Waals surface area contributed by atoms with Crippen LogP contribution in [0.3, 0.4) is 0 Å². The maximum atomic E-state index is 13.8. The smallest absolute Gasteiger partial charge is 0.321 e. The van der Waals surface area contributed by atoms with Crippen LogP contribution >= 0.6 is 23.2 Å². The fraction of sp³-hybridized carbons (Fsp3) is 0.346. The second kappa shape index (κ2) is 11.2. The van der Waals surface area contributed by atoms with Crippen LogP contribution in [0.5, 0.6) is 0 Å². The third-order valence-corrected chi connectivity index (χ3v) is 6.69. The number of carbonyl (C=O) groups excluding carboxylic acids is 1. The summed E-state index contributed by atoms with van der Waals surface area (Å²) in [6.07, 6.45) is 2.07. The van der Waals surface area contributed by atoms with E-state index in [2.05, 4.69) is 22.1 Å². The van der Waals surface area contributed by atoms with Crippen LogP contribution in [0.2, 0.25) is 10.0 Å². The van der Waals surface area contributed by atoms with Crippen molar-refractivity contribution in [1.29, 1.82) is 0 Å². The van der Waals surface area contributed by atoms with Gasteiger partial charge in [-0.05, 0) is 49.6 Å². The number of hydrogen-bond donors (Lipinski definition) is 1. The highest BCUT2D eigenvalue weighted by Gasteiger charge is 2.24. The zero-order chi connectivity index (χ0) is 24.9. The van der Waals surface area contributed by atoms with E-state index in [9.17, 15) is 9.18 Å². The molecule has 0 spiro atoms. The van der Waals surface area contributed by atoms with Gasteiger partial charge in [0.15, 0.2) is 0 Å². The summed E-state index contributed by atoms with van der Waals surface area (Å²) in [7, 11) is 0. The molecule has 35 heavy (non-hydrogen) atoms. The fourth-order valence-electron chi connectivity index (χ4n) is 4.36. The van der Waals surface area contributed by atoms with Crippen molar-refractivity contribution in [2.75, 3.05) is 36.4 Å². The second-order valence-corrected chi connectivity index (χ2v) is 9.35. The van der Waals surface area contributed by atoms with Crippen molar-refractivity contribution in [2.45, 2.75) is 33.1 Å². The predicted molar refractivity (Wildman–Crippen MR) is 139 cm³/mol. The summed E-state index contributed by atoms with van der Waals surface area (Å²) in [6, 6.07) is 11.5. The summed E-state index contributed by atoms with van der Waals surface area (Å²) in [6.45, 7) is 6.41. The SMILES string of the molecule is CCc1nc(C)nc(N2CCCN(C(=O)Nc3c(Cl)cccc3Cl)CC2)c1Cc1cccc(F)c1. The van der Waals surface area contributed by atoms with E-state index in [1.807, 2.05) is 13.0 Å². The van der Waals surface area contributed by atoms with Gasteiger partial charge >= 0.3 is 6.03 Å². The molecule has 0 unspecified atom stereocenters. The van der Waals surface area contributed by atoms with Gasteiger partial charge in [0.2, 0.25) is 0 Å². The minimum Gasteiger partial charge on any atom is -0.354 e. The van der Waals surface area contributed by atoms with Crippen molar-refractivity contribution in [2.24, 2.45) is 0 Å². The molecule has 2 amide bonds. The topological polar surface area (TPSA) is 61.4 Å². The number of urea groups is 1. The minimum atomic E-state index is -0.259. The van der Waals surface area contributed by atoms with Gasteiger partial charge < -0.3 is 15.1 Å². The quantitative estimate of drug-likeness (QED) is 0.444. The van der Waals surface area contributed by atoms with Gasteiger partial charge in [0, 0.05) is 43.9 Å². The summed E-state index contributed by atoms with van der Waals surface area (Å²) < 4.78 is 13.8. The van der Waals surface area contributed by atoms with Gasteiger partial charge in [-0.1, -0.05) is 48.3 Å². The molecule has 1 aromatic heterocycles. The Morgan fingerprint density at radius 1 is 1.06 bits per heavy atom. The van der Waals surface area contributed by atoms with E-state index >= 15 is 0 Å². The van der Waals surface area contributed by atoms with Crippen LogP contribution < -0.4 is 10.2 Å². The van der Waals surface area contributed by atoms with Crippen molar-refractivity contribution in [3.63, 3.8) is 0 Å². The van der Waals surface area contributed by atoms with Gasteiger partial charge in [0.05, 0.1) is 15.7 Å². The molecule has 1 saturated heterocycles.